The predicted molar refractivity (Wildman–Crippen MR) is 37.9 cm³/mol. The number of nitrogens with zero attached hydrogens (tertiary/aromatic N) is 1. The zero-order valence-corrected chi connectivity index (χ0v) is 6.26. The number of Topliss-reactive ketones (excluding diaryl/α,β-unsaturated/α-hetero) is 1. The molecule has 0 N–H and O–H groups in total. The van der Waals surface area contributed by atoms with Crippen molar-refractivity contribution in [3.05, 3.63) is 0 Å². The minimum absolute atomic E-state index is 0.0884. The molecule has 0 saturated heterocycles. The highest BCUT2D eigenvalue weighted by Gasteiger charge is 2.20. The lowest BCUT2D eigenvalue weighted by atomic mass is 10.1. The molecule has 1 atom stereocenters. The first kappa shape index (κ1) is 7.25. The van der Waals surface area contributed by atoms with Crippen LogP contribution in [0.1, 0.15) is 26.7 Å². The minimum Gasteiger partial charge on any atom is -0.392 e. The van der Waals surface area contributed by atoms with Crippen LogP contribution in [-0.2, 0) is 9.63 Å². The highest BCUT2D eigenvalue weighted by atomic mass is 16.6. The molecular formula is C7H11NO2. The van der Waals surface area contributed by atoms with Gasteiger partial charge in [0.1, 0.15) is 11.8 Å². The molecule has 0 aromatic rings. The maximum Gasteiger partial charge on any atom is 0.180 e. The van der Waals surface area contributed by atoms with Gasteiger partial charge in [-0.3, -0.25) is 4.79 Å². The van der Waals surface area contributed by atoms with Gasteiger partial charge in [0.25, 0.3) is 0 Å². The molecule has 56 valence electrons. The van der Waals surface area contributed by atoms with Crippen LogP contribution in [0.4, 0.5) is 0 Å². The molecule has 0 spiro atoms. The van der Waals surface area contributed by atoms with Crippen molar-refractivity contribution < 1.29 is 9.63 Å². The second-order valence-electron chi connectivity index (χ2n) is 2.43. The lowest BCUT2D eigenvalue weighted by Gasteiger charge is -1.94. The number of ketones is 1. The molecule has 0 saturated carbocycles. The van der Waals surface area contributed by atoms with Crippen molar-refractivity contribution in [3.63, 3.8) is 0 Å². The molecule has 0 aliphatic carbocycles. The Hall–Kier alpha value is -0.860. The van der Waals surface area contributed by atoms with Gasteiger partial charge in [0.15, 0.2) is 5.78 Å². The first-order chi connectivity index (χ1) is 4.74. The van der Waals surface area contributed by atoms with Gasteiger partial charge < -0.3 is 4.84 Å². The number of carbonyl (C=O) groups is 1. The van der Waals surface area contributed by atoms with Crippen molar-refractivity contribution in [2.24, 2.45) is 5.16 Å². The van der Waals surface area contributed by atoms with E-state index in [1.165, 1.54) is 0 Å². The highest BCUT2D eigenvalue weighted by Crippen LogP contribution is 2.10. The van der Waals surface area contributed by atoms with Crippen molar-refractivity contribution in [1.29, 1.82) is 0 Å². The fourth-order valence-corrected chi connectivity index (χ4v) is 0.869. The lowest BCUT2D eigenvalue weighted by Crippen LogP contribution is -2.12. The zero-order chi connectivity index (χ0) is 7.56. The number of oxime groups is 1. The molecule has 0 radical (unpaired) electrons. The molecule has 0 bridgehead atoms. The zero-order valence-electron chi connectivity index (χ0n) is 6.26. The van der Waals surface area contributed by atoms with Crippen molar-refractivity contribution in [1.82, 2.24) is 0 Å². The van der Waals surface area contributed by atoms with Gasteiger partial charge in [0.05, 0.1) is 0 Å². The second-order valence-corrected chi connectivity index (χ2v) is 2.43. The van der Waals surface area contributed by atoms with Crippen LogP contribution in [-0.4, -0.2) is 17.6 Å². The Morgan fingerprint density at radius 1 is 1.90 bits per heavy atom. The van der Waals surface area contributed by atoms with Crippen LogP contribution < -0.4 is 0 Å². The smallest absolute Gasteiger partial charge is 0.180 e. The average molecular weight is 141 g/mol. The van der Waals surface area contributed by atoms with Crippen LogP contribution in [0.5, 0.6) is 0 Å². The predicted octanol–water partition coefficient (Wildman–Crippen LogP) is 1.13. The summed E-state index contributed by atoms with van der Waals surface area (Å²) in [4.78, 5) is 15.8. The van der Waals surface area contributed by atoms with Crippen molar-refractivity contribution >= 4 is 11.5 Å². The molecule has 0 aromatic carbocycles. The lowest BCUT2D eigenvalue weighted by molar-refractivity contribution is -0.112. The van der Waals surface area contributed by atoms with E-state index >= 15 is 0 Å². The van der Waals surface area contributed by atoms with E-state index in [4.69, 9.17) is 4.84 Å². The summed E-state index contributed by atoms with van der Waals surface area (Å²) in [6.07, 6.45) is 1.28. The quantitative estimate of drug-likeness (QED) is 0.578. The molecule has 0 unspecified atom stereocenters. The van der Waals surface area contributed by atoms with Gasteiger partial charge in [0, 0.05) is 12.8 Å². The number of hydrogen-bond donors (Lipinski definition) is 0. The van der Waals surface area contributed by atoms with Crippen LogP contribution in [0.3, 0.4) is 0 Å². The largest absolute Gasteiger partial charge is 0.392 e. The summed E-state index contributed by atoms with van der Waals surface area (Å²) in [6.45, 7) is 3.73. The Bertz CT molecular complexity index is 174. The van der Waals surface area contributed by atoms with Gasteiger partial charge in [-0.2, -0.15) is 0 Å². The van der Waals surface area contributed by atoms with Crippen LogP contribution >= 0.6 is 0 Å². The summed E-state index contributed by atoms with van der Waals surface area (Å²) in [5.74, 6) is 0.101. The van der Waals surface area contributed by atoms with E-state index < -0.39 is 0 Å². The third-order valence-corrected chi connectivity index (χ3v) is 1.47. The van der Waals surface area contributed by atoms with E-state index in [0.717, 1.165) is 0 Å². The van der Waals surface area contributed by atoms with Gasteiger partial charge in [-0.15, -0.1) is 0 Å². The maximum atomic E-state index is 10.9. The average Bonchev–Trinajstić information content (AvgIpc) is 2.34. The molecule has 1 heterocycles. The highest BCUT2D eigenvalue weighted by molar-refractivity contribution is 6.40. The topological polar surface area (TPSA) is 38.7 Å². The SMILES string of the molecule is CCC(=O)C1=NO[C@@H](C)C1. The summed E-state index contributed by atoms with van der Waals surface area (Å²) in [6, 6.07) is 0. The van der Waals surface area contributed by atoms with Crippen molar-refractivity contribution in [3.8, 4) is 0 Å². The Kier molecular flexibility index (Phi) is 2.04. The summed E-state index contributed by atoms with van der Waals surface area (Å²) in [5, 5.41) is 3.65. The van der Waals surface area contributed by atoms with Gasteiger partial charge in [-0.05, 0) is 6.92 Å². The molecule has 0 amide bonds. The second kappa shape index (κ2) is 2.82. The standard InChI is InChI=1S/C7H11NO2/c1-3-7(9)6-4-5(2)10-8-6/h5H,3-4H2,1-2H3/t5-/m0/s1. The minimum atomic E-state index is 0.0884. The van der Waals surface area contributed by atoms with E-state index in [1.54, 1.807) is 0 Å². The molecule has 3 heteroatoms. The van der Waals surface area contributed by atoms with Gasteiger partial charge >= 0.3 is 0 Å². The first-order valence-electron chi connectivity index (χ1n) is 3.50. The van der Waals surface area contributed by atoms with Crippen molar-refractivity contribution in [2.45, 2.75) is 32.8 Å². The van der Waals surface area contributed by atoms with Gasteiger partial charge in [0.2, 0.25) is 0 Å². The van der Waals surface area contributed by atoms with Crippen LogP contribution in [0, 0.1) is 0 Å². The summed E-state index contributed by atoms with van der Waals surface area (Å²) in [5.41, 5.74) is 0.593. The normalized spacial score (nSPS) is 23.8. The molecule has 1 rings (SSSR count). The third-order valence-electron chi connectivity index (χ3n) is 1.47. The van der Waals surface area contributed by atoms with Crippen LogP contribution in [0.25, 0.3) is 0 Å². The van der Waals surface area contributed by atoms with Crippen molar-refractivity contribution in [2.75, 3.05) is 0 Å². The fraction of sp³-hybridized carbons (Fsp3) is 0.714. The molecular weight excluding hydrogens is 130 g/mol. The van der Waals surface area contributed by atoms with E-state index in [1.807, 2.05) is 13.8 Å². The molecule has 10 heavy (non-hydrogen) atoms. The Labute approximate surface area is 60.0 Å². The van der Waals surface area contributed by atoms with E-state index in [-0.39, 0.29) is 11.9 Å². The van der Waals surface area contributed by atoms with E-state index in [0.29, 0.717) is 18.6 Å². The Morgan fingerprint density at radius 2 is 2.60 bits per heavy atom. The summed E-state index contributed by atoms with van der Waals surface area (Å²) in [7, 11) is 0. The van der Waals surface area contributed by atoms with Gasteiger partial charge in [-0.25, -0.2) is 0 Å². The van der Waals surface area contributed by atoms with E-state index in [2.05, 4.69) is 5.16 Å². The first-order valence-corrected chi connectivity index (χ1v) is 3.50. The third kappa shape index (κ3) is 1.35. The maximum absolute atomic E-state index is 10.9. The number of carbonyl (C=O) groups excluding carboxylic acids is 1. The molecule has 0 fully saturated rings. The molecule has 0 aromatic heterocycles. The number of rotatable bonds is 2. The van der Waals surface area contributed by atoms with E-state index in [9.17, 15) is 4.79 Å². The Balaban J connectivity index is 2.51. The monoisotopic (exact) mass is 141 g/mol. The van der Waals surface area contributed by atoms with Crippen LogP contribution in [0.15, 0.2) is 5.16 Å². The number of hydrogen-bond acceptors (Lipinski definition) is 3. The summed E-state index contributed by atoms with van der Waals surface area (Å²) >= 11 is 0. The van der Waals surface area contributed by atoms with Crippen LogP contribution in [0.2, 0.25) is 0 Å². The molecule has 1 aliphatic heterocycles. The molecule has 3 nitrogen and oxygen atoms in total. The summed E-state index contributed by atoms with van der Waals surface area (Å²) < 4.78 is 0. The Morgan fingerprint density at radius 3 is 3.00 bits per heavy atom. The molecule has 1 aliphatic rings. The van der Waals surface area contributed by atoms with Gasteiger partial charge in [-0.1, -0.05) is 12.1 Å². The fourth-order valence-electron chi connectivity index (χ4n) is 0.869.